The van der Waals surface area contributed by atoms with Crippen molar-refractivity contribution >= 4 is 0 Å². The standard InChI is InChI=1S/C19H38/c1-7-11-19(12-13-19)14-17(9-3)16(6)18(10-4)15(5)8-2/h15-18H,7-14H2,1-6H3. The molecule has 0 saturated heterocycles. The van der Waals surface area contributed by atoms with E-state index in [-0.39, 0.29) is 0 Å². The lowest BCUT2D eigenvalue weighted by atomic mass is 9.70. The quantitative estimate of drug-likeness (QED) is 0.413. The molecule has 0 aromatic heterocycles. The van der Waals surface area contributed by atoms with Crippen molar-refractivity contribution in [1.82, 2.24) is 0 Å². The minimum Gasteiger partial charge on any atom is -0.0654 e. The Labute approximate surface area is 122 Å². The first-order valence-corrected chi connectivity index (χ1v) is 9.03. The van der Waals surface area contributed by atoms with Gasteiger partial charge in [0, 0.05) is 0 Å². The Balaban J connectivity index is 2.62. The Morgan fingerprint density at radius 2 is 1.53 bits per heavy atom. The lowest BCUT2D eigenvalue weighted by molar-refractivity contribution is 0.143. The predicted molar refractivity (Wildman–Crippen MR) is 87.4 cm³/mol. The van der Waals surface area contributed by atoms with Crippen molar-refractivity contribution in [3.05, 3.63) is 0 Å². The molecule has 1 aliphatic carbocycles. The van der Waals surface area contributed by atoms with Crippen LogP contribution in [0.15, 0.2) is 0 Å². The highest BCUT2D eigenvalue weighted by Crippen LogP contribution is 2.56. The van der Waals surface area contributed by atoms with Gasteiger partial charge in [0.15, 0.2) is 0 Å². The molecule has 1 saturated carbocycles. The summed E-state index contributed by atoms with van der Waals surface area (Å²) in [5.41, 5.74) is 0.775. The summed E-state index contributed by atoms with van der Waals surface area (Å²) in [5, 5.41) is 0. The van der Waals surface area contributed by atoms with Gasteiger partial charge in [0.05, 0.1) is 0 Å². The molecule has 114 valence electrons. The van der Waals surface area contributed by atoms with Crippen molar-refractivity contribution in [2.45, 2.75) is 92.9 Å². The van der Waals surface area contributed by atoms with Crippen molar-refractivity contribution in [1.29, 1.82) is 0 Å². The first-order valence-electron chi connectivity index (χ1n) is 9.03. The van der Waals surface area contributed by atoms with Crippen LogP contribution in [0.1, 0.15) is 92.9 Å². The second-order valence-corrected chi connectivity index (χ2v) is 7.44. The molecule has 1 rings (SSSR count). The molecule has 0 heteroatoms. The number of hydrogen-bond donors (Lipinski definition) is 0. The summed E-state index contributed by atoms with van der Waals surface area (Å²) < 4.78 is 0. The third kappa shape index (κ3) is 4.50. The molecule has 0 N–H and O–H groups in total. The lowest BCUT2D eigenvalue weighted by Gasteiger charge is -2.35. The Morgan fingerprint density at radius 3 is 1.89 bits per heavy atom. The summed E-state index contributed by atoms with van der Waals surface area (Å²) in [6.07, 6.45) is 11.5. The van der Waals surface area contributed by atoms with Crippen LogP contribution in [-0.2, 0) is 0 Å². The van der Waals surface area contributed by atoms with E-state index in [2.05, 4.69) is 41.5 Å². The minimum absolute atomic E-state index is 0.775. The molecule has 0 radical (unpaired) electrons. The topological polar surface area (TPSA) is 0 Å². The van der Waals surface area contributed by atoms with E-state index >= 15 is 0 Å². The lowest BCUT2D eigenvalue weighted by Crippen LogP contribution is -2.27. The molecule has 0 nitrogen and oxygen atoms in total. The van der Waals surface area contributed by atoms with Gasteiger partial charge in [0.1, 0.15) is 0 Å². The zero-order chi connectivity index (χ0) is 14.5. The third-order valence-corrected chi connectivity index (χ3v) is 6.22. The zero-order valence-corrected chi connectivity index (χ0v) is 14.5. The molecule has 0 aliphatic heterocycles. The van der Waals surface area contributed by atoms with Crippen LogP contribution in [0.5, 0.6) is 0 Å². The fourth-order valence-electron chi connectivity index (χ4n) is 4.47. The van der Waals surface area contributed by atoms with Gasteiger partial charge in [-0.25, -0.2) is 0 Å². The van der Waals surface area contributed by atoms with E-state index < -0.39 is 0 Å². The van der Waals surface area contributed by atoms with Gasteiger partial charge in [0.2, 0.25) is 0 Å². The summed E-state index contributed by atoms with van der Waals surface area (Å²) in [7, 11) is 0. The molecule has 4 atom stereocenters. The Bertz CT molecular complexity index is 238. The van der Waals surface area contributed by atoms with E-state index in [9.17, 15) is 0 Å². The maximum absolute atomic E-state index is 2.55. The van der Waals surface area contributed by atoms with Crippen LogP contribution in [0.3, 0.4) is 0 Å². The van der Waals surface area contributed by atoms with Gasteiger partial charge in [-0.15, -0.1) is 0 Å². The predicted octanol–water partition coefficient (Wildman–Crippen LogP) is 6.69. The fourth-order valence-corrected chi connectivity index (χ4v) is 4.47. The van der Waals surface area contributed by atoms with E-state index in [0.29, 0.717) is 0 Å². The minimum atomic E-state index is 0.775. The molecule has 19 heavy (non-hydrogen) atoms. The van der Waals surface area contributed by atoms with Gasteiger partial charge in [-0.05, 0) is 54.8 Å². The van der Waals surface area contributed by atoms with Gasteiger partial charge in [-0.2, -0.15) is 0 Å². The molecular weight excluding hydrogens is 228 g/mol. The van der Waals surface area contributed by atoms with Crippen LogP contribution in [0.4, 0.5) is 0 Å². The van der Waals surface area contributed by atoms with Crippen LogP contribution in [0.25, 0.3) is 0 Å². The van der Waals surface area contributed by atoms with E-state index in [0.717, 1.165) is 29.1 Å². The molecule has 0 amide bonds. The van der Waals surface area contributed by atoms with E-state index in [1.54, 1.807) is 0 Å². The first-order chi connectivity index (χ1) is 9.03. The zero-order valence-electron chi connectivity index (χ0n) is 14.5. The van der Waals surface area contributed by atoms with E-state index in [1.165, 1.54) is 51.4 Å². The van der Waals surface area contributed by atoms with Crippen LogP contribution >= 0.6 is 0 Å². The summed E-state index contributed by atoms with van der Waals surface area (Å²) >= 11 is 0. The van der Waals surface area contributed by atoms with Crippen molar-refractivity contribution in [2.75, 3.05) is 0 Å². The van der Waals surface area contributed by atoms with Crippen LogP contribution < -0.4 is 0 Å². The third-order valence-electron chi connectivity index (χ3n) is 6.22. The van der Waals surface area contributed by atoms with Gasteiger partial charge in [-0.1, -0.05) is 67.2 Å². The molecular formula is C19H38. The van der Waals surface area contributed by atoms with Crippen molar-refractivity contribution < 1.29 is 0 Å². The largest absolute Gasteiger partial charge is 0.0654 e. The SMILES string of the molecule is CCCC1(CC(CC)C(C)C(CC)C(C)CC)CC1. The number of rotatable bonds is 10. The molecule has 1 aliphatic rings. The van der Waals surface area contributed by atoms with Crippen LogP contribution in [0.2, 0.25) is 0 Å². The number of hydrogen-bond acceptors (Lipinski definition) is 0. The van der Waals surface area contributed by atoms with Crippen molar-refractivity contribution in [2.24, 2.45) is 29.1 Å². The second kappa shape index (κ2) is 7.70. The first kappa shape index (κ1) is 17.1. The molecule has 1 fully saturated rings. The molecule has 0 heterocycles. The summed E-state index contributed by atoms with van der Waals surface area (Å²) in [4.78, 5) is 0. The van der Waals surface area contributed by atoms with E-state index in [4.69, 9.17) is 0 Å². The van der Waals surface area contributed by atoms with Crippen molar-refractivity contribution in [3.63, 3.8) is 0 Å². The Hall–Kier alpha value is 0. The fraction of sp³-hybridized carbons (Fsp3) is 1.00. The van der Waals surface area contributed by atoms with Gasteiger partial charge in [0.25, 0.3) is 0 Å². The van der Waals surface area contributed by atoms with Gasteiger partial charge < -0.3 is 0 Å². The highest BCUT2D eigenvalue weighted by atomic mass is 14.5. The van der Waals surface area contributed by atoms with Gasteiger partial charge >= 0.3 is 0 Å². The maximum Gasteiger partial charge on any atom is -0.0294 e. The molecule has 0 aromatic rings. The van der Waals surface area contributed by atoms with Crippen LogP contribution in [-0.4, -0.2) is 0 Å². The normalized spacial score (nSPS) is 23.7. The molecule has 0 spiro atoms. The highest BCUT2D eigenvalue weighted by molar-refractivity contribution is 4.95. The molecule has 4 unspecified atom stereocenters. The summed E-state index contributed by atoms with van der Waals surface area (Å²) in [6.45, 7) is 14.6. The average Bonchev–Trinajstić information content (AvgIpc) is 3.16. The Kier molecular flexibility index (Phi) is 6.91. The summed E-state index contributed by atoms with van der Waals surface area (Å²) in [5.74, 6) is 3.72. The smallest absolute Gasteiger partial charge is 0.0294 e. The highest BCUT2D eigenvalue weighted by Gasteiger charge is 2.44. The van der Waals surface area contributed by atoms with Gasteiger partial charge in [-0.3, -0.25) is 0 Å². The average molecular weight is 267 g/mol. The van der Waals surface area contributed by atoms with E-state index in [1.807, 2.05) is 0 Å². The Morgan fingerprint density at radius 1 is 0.895 bits per heavy atom. The molecule has 0 aromatic carbocycles. The van der Waals surface area contributed by atoms with Crippen molar-refractivity contribution in [3.8, 4) is 0 Å². The molecule has 0 bridgehead atoms. The maximum atomic E-state index is 2.55. The van der Waals surface area contributed by atoms with Crippen LogP contribution in [0, 0.1) is 29.1 Å². The monoisotopic (exact) mass is 266 g/mol. The second-order valence-electron chi connectivity index (χ2n) is 7.44. The summed E-state index contributed by atoms with van der Waals surface area (Å²) in [6, 6.07) is 0.